The van der Waals surface area contributed by atoms with Crippen LogP contribution in [0.2, 0.25) is 5.02 Å². The second-order valence-electron chi connectivity index (χ2n) is 3.62. The fourth-order valence-corrected chi connectivity index (χ4v) is 1.58. The molecule has 1 aromatic rings. The second kappa shape index (κ2) is 4.20. The highest BCUT2D eigenvalue weighted by Gasteiger charge is 2.24. The number of nitrogens with two attached hydrogens (primary N) is 1. The van der Waals surface area contributed by atoms with E-state index in [1.165, 1.54) is 5.56 Å². The predicted molar refractivity (Wildman–Crippen MR) is 57.9 cm³/mol. The van der Waals surface area contributed by atoms with Crippen molar-refractivity contribution in [3.63, 3.8) is 0 Å². The van der Waals surface area contributed by atoms with E-state index in [0.717, 1.165) is 25.0 Å². The molecule has 0 aliphatic heterocycles. The molecule has 0 atom stereocenters. The molecule has 1 fully saturated rings. The summed E-state index contributed by atoms with van der Waals surface area (Å²) >= 11 is 6.07. The topological polar surface area (TPSA) is 35.2 Å². The molecule has 0 unspecified atom stereocenters. The lowest BCUT2D eigenvalue weighted by Gasteiger charge is -2.07. The first-order valence-corrected chi connectivity index (χ1v) is 5.32. The van der Waals surface area contributed by atoms with Crippen LogP contribution in [-0.2, 0) is 6.42 Å². The Morgan fingerprint density at radius 2 is 2.21 bits per heavy atom. The van der Waals surface area contributed by atoms with Crippen molar-refractivity contribution in [2.24, 2.45) is 5.73 Å². The Morgan fingerprint density at radius 3 is 2.79 bits per heavy atom. The van der Waals surface area contributed by atoms with Crippen molar-refractivity contribution in [1.82, 2.24) is 0 Å². The second-order valence-corrected chi connectivity index (χ2v) is 4.03. The first-order chi connectivity index (χ1) is 6.79. The molecular weight excluding hydrogens is 198 g/mol. The van der Waals surface area contributed by atoms with Gasteiger partial charge in [-0.1, -0.05) is 17.7 Å². The van der Waals surface area contributed by atoms with Crippen molar-refractivity contribution in [3.8, 4) is 5.75 Å². The summed E-state index contributed by atoms with van der Waals surface area (Å²) in [4.78, 5) is 0. The summed E-state index contributed by atoms with van der Waals surface area (Å²) < 4.78 is 5.63. The highest BCUT2D eigenvalue weighted by molar-refractivity contribution is 6.32. The molecule has 76 valence electrons. The Kier molecular flexibility index (Phi) is 2.94. The summed E-state index contributed by atoms with van der Waals surface area (Å²) in [6, 6.07) is 5.90. The molecular formula is C11H14ClNO. The number of hydrogen-bond acceptors (Lipinski definition) is 2. The Hall–Kier alpha value is -0.730. The van der Waals surface area contributed by atoms with Gasteiger partial charge in [0.15, 0.2) is 0 Å². The standard InChI is InChI=1S/C11H14ClNO/c12-10-7-8(5-6-13)1-4-11(10)14-9-2-3-9/h1,4,7,9H,2-3,5-6,13H2. The van der Waals surface area contributed by atoms with Gasteiger partial charge in [0.25, 0.3) is 0 Å². The summed E-state index contributed by atoms with van der Waals surface area (Å²) in [5, 5.41) is 0.697. The van der Waals surface area contributed by atoms with E-state index in [0.29, 0.717) is 17.7 Å². The van der Waals surface area contributed by atoms with Crippen molar-refractivity contribution in [3.05, 3.63) is 28.8 Å². The van der Waals surface area contributed by atoms with Gasteiger partial charge in [-0.25, -0.2) is 0 Å². The number of benzene rings is 1. The SMILES string of the molecule is NCCc1ccc(OC2CC2)c(Cl)c1. The van der Waals surface area contributed by atoms with Crippen LogP contribution in [0.15, 0.2) is 18.2 Å². The first kappa shape index (κ1) is 9.81. The Bertz CT molecular complexity index is 323. The lowest BCUT2D eigenvalue weighted by Crippen LogP contribution is -2.03. The Morgan fingerprint density at radius 1 is 1.43 bits per heavy atom. The minimum Gasteiger partial charge on any atom is -0.489 e. The number of rotatable bonds is 4. The molecule has 0 radical (unpaired) electrons. The van der Waals surface area contributed by atoms with Crippen LogP contribution in [0.1, 0.15) is 18.4 Å². The molecule has 14 heavy (non-hydrogen) atoms. The summed E-state index contributed by atoms with van der Waals surface area (Å²) in [5.74, 6) is 0.801. The minimum absolute atomic E-state index is 0.396. The third-order valence-corrected chi connectivity index (χ3v) is 2.54. The highest BCUT2D eigenvalue weighted by atomic mass is 35.5. The minimum atomic E-state index is 0.396. The average Bonchev–Trinajstić information content (AvgIpc) is 2.94. The van der Waals surface area contributed by atoms with Crippen LogP contribution < -0.4 is 10.5 Å². The van der Waals surface area contributed by atoms with Gasteiger partial charge in [-0.15, -0.1) is 0 Å². The van der Waals surface area contributed by atoms with E-state index in [1.807, 2.05) is 18.2 Å². The Labute approximate surface area is 89.0 Å². The fourth-order valence-electron chi connectivity index (χ4n) is 1.33. The van der Waals surface area contributed by atoms with Gasteiger partial charge in [0.05, 0.1) is 11.1 Å². The summed E-state index contributed by atoms with van der Waals surface area (Å²) in [5.41, 5.74) is 6.63. The molecule has 2 N–H and O–H groups in total. The van der Waals surface area contributed by atoms with Gasteiger partial charge < -0.3 is 10.5 Å². The molecule has 0 heterocycles. The third-order valence-electron chi connectivity index (χ3n) is 2.25. The Balaban J connectivity index is 2.09. The van der Waals surface area contributed by atoms with Crippen molar-refractivity contribution >= 4 is 11.6 Å². The van der Waals surface area contributed by atoms with E-state index >= 15 is 0 Å². The summed E-state index contributed by atoms with van der Waals surface area (Å²) in [6.45, 7) is 0.652. The lowest BCUT2D eigenvalue weighted by molar-refractivity contribution is 0.303. The molecule has 1 aliphatic rings. The van der Waals surface area contributed by atoms with Crippen molar-refractivity contribution < 1.29 is 4.74 Å². The third kappa shape index (κ3) is 2.40. The maximum atomic E-state index is 6.07. The summed E-state index contributed by atoms with van der Waals surface area (Å²) in [6.07, 6.45) is 3.57. The van der Waals surface area contributed by atoms with Gasteiger partial charge in [0, 0.05) is 0 Å². The molecule has 2 rings (SSSR count). The largest absolute Gasteiger partial charge is 0.489 e. The van der Waals surface area contributed by atoms with Crippen LogP contribution in [-0.4, -0.2) is 12.6 Å². The summed E-state index contributed by atoms with van der Waals surface area (Å²) in [7, 11) is 0. The molecule has 0 aromatic heterocycles. The van der Waals surface area contributed by atoms with E-state index in [9.17, 15) is 0 Å². The monoisotopic (exact) mass is 211 g/mol. The van der Waals surface area contributed by atoms with Gasteiger partial charge in [-0.3, -0.25) is 0 Å². The van der Waals surface area contributed by atoms with Crippen LogP contribution in [0.25, 0.3) is 0 Å². The van der Waals surface area contributed by atoms with E-state index in [4.69, 9.17) is 22.1 Å². The van der Waals surface area contributed by atoms with Crippen LogP contribution >= 0.6 is 11.6 Å². The van der Waals surface area contributed by atoms with Gasteiger partial charge >= 0.3 is 0 Å². The number of halogens is 1. The van der Waals surface area contributed by atoms with Crippen molar-refractivity contribution in [2.45, 2.75) is 25.4 Å². The molecule has 0 bridgehead atoms. The smallest absolute Gasteiger partial charge is 0.138 e. The number of hydrogen-bond donors (Lipinski definition) is 1. The van der Waals surface area contributed by atoms with E-state index in [-0.39, 0.29) is 0 Å². The highest BCUT2D eigenvalue weighted by Crippen LogP contribution is 2.32. The fraction of sp³-hybridized carbons (Fsp3) is 0.455. The van der Waals surface area contributed by atoms with Gasteiger partial charge in [0.2, 0.25) is 0 Å². The number of ether oxygens (including phenoxy) is 1. The normalized spacial score (nSPS) is 15.6. The molecule has 2 nitrogen and oxygen atoms in total. The van der Waals surface area contributed by atoms with Gasteiger partial charge in [0.1, 0.15) is 5.75 Å². The van der Waals surface area contributed by atoms with Crippen LogP contribution in [0.4, 0.5) is 0 Å². The zero-order chi connectivity index (χ0) is 9.97. The molecule has 1 aliphatic carbocycles. The molecule has 0 amide bonds. The zero-order valence-electron chi connectivity index (χ0n) is 8.00. The van der Waals surface area contributed by atoms with Crippen LogP contribution in [0.3, 0.4) is 0 Å². The molecule has 1 saturated carbocycles. The van der Waals surface area contributed by atoms with Crippen molar-refractivity contribution in [2.75, 3.05) is 6.54 Å². The van der Waals surface area contributed by atoms with Crippen LogP contribution in [0.5, 0.6) is 5.75 Å². The van der Waals surface area contributed by atoms with Crippen molar-refractivity contribution in [1.29, 1.82) is 0 Å². The molecule has 0 spiro atoms. The quantitative estimate of drug-likeness (QED) is 0.830. The van der Waals surface area contributed by atoms with E-state index < -0.39 is 0 Å². The van der Waals surface area contributed by atoms with Crippen LogP contribution in [0, 0.1) is 0 Å². The van der Waals surface area contributed by atoms with E-state index in [2.05, 4.69) is 0 Å². The molecule has 0 saturated heterocycles. The molecule has 3 heteroatoms. The predicted octanol–water partition coefficient (Wildman–Crippen LogP) is 2.38. The zero-order valence-corrected chi connectivity index (χ0v) is 8.76. The average molecular weight is 212 g/mol. The lowest BCUT2D eigenvalue weighted by atomic mass is 10.1. The maximum absolute atomic E-state index is 6.07. The van der Waals surface area contributed by atoms with Gasteiger partial charge in [-0.05, 0) is 43.5 Å². The maximum Gasteiger partial charge on any atom is 0.138 e. The van der Waals surface area contributed by atoms with E-state index in [1.54, 1.807) is 0 Å². The van der Waals surface area contributed by atoms with Gasteiger partial charge in [-0.2, -0.15) is 0 Å². The molecule has 1 aromatic carbocycles. The first-order valence-electron chi connectivity index (χ1n) is 4.95.